The molecule has 1 aliphatic heterocycles. The van der Waals surface area contributed by atoms with Crippen LogP contribution in [0.4, 0.5) is 0 Å². The number of nitrogens with one attached hydrogen (secondary N) is 1. The first-order chi connectivity index (χ1) is 5.18. The molecule has 1 rings (SSSR count). The Morgan fingerprint density at radius 1 is 1.45 bits per heavy atom. The second-order valence-electron chi connectivity index (χ2n) is 4.41. The Labute approximate surface area is 70.6 Å². The fraction of sp³-hybridized carbons (Fsp3) is 1.00. The topological polar surface area (TPSA) is 12.0 Å². The van der Waals surface area contributed by atoms with Crippen molar-refractivity contribution in [2.45, 2.75) is 46.1 Å². The monoisotopic (exact) mass is 155 g/mol. The summed E-state index contributed by atoms with van der Waals surface area (Å²) >= 11 is 0. The van der Waals surface area contributed by atoms with Gasteiger partial charge in [0.15, 0.2) is 0 Å². The van der Waals surface area contributed by atoms with Crippen LogP contribution in [0.2, 0.25) is 0 Å². The van der Waals surface area contributed by atoms with Crippen molar-refractivity contribution in [2.24, 2.45) is 11.8 Å². The lowest BCUT2D eigenvalue weighted by molar-refractivity contribution is 0.287. The molecule has 1 heterocycles. The van der Waals surface area contributed by atoms with Gasteiger partial charge in [0.2, 0.25) is 0 Å². The predicted octanol–water partition coefficient (Wildman–Crippen LogP) is 2.42. The number of hydrogen-bond acceptors (Lipinski definition) is 1. The largest absolute Gasteiger partial charge is 0.314 e. The summed E-state index contributed by atoms with van der Waals surface area (Å²) in [7, 11) is 0. The molecule has 1 heteroatoms. The van der Waals surface area contributed by atoms with E-state index in [2.05, 4.69) is 26.1 Å². The standard InChI is InChI=1S/C10H21N/c1-8(2)6-10-7-9(3)4-5-11-10/h8-11H,4-7H2,1-3H3. The van der Waals surface area contributed by atoms with Gasteiger partial charge in [0, 0.05) is 6.04 Å². The van der Waals surface area contributed by atoms with E-state index in [9.17, 15) is 0 Å². The molecule has 66 valence electrons. The Balaban J connectivity index is 2.23. The summed E-state index contributed by atoms with van der Waals surface area (Å²) in [4.78, 5) is 0. The smallest absolute Gasteiger partial charge is 0.00720 e. The van der Waals surface area contributed by atoms with Crippen LogP contribution in [0.25, 0.3) is 0 Å². The lowest BCUT2D eigenvalue weighted by Gasteiger charge is -2.29. The van der Waals surface area contributed by atoms with Crippen LogP contribution >= 0.6 is 0 Å². The zero-order valence-corrected chi connectivity index (χ0v) is 8.06. The molecule has 0 spiro atoms. The maximum absolute atomic E-state index is 3.58. The van der Waals surface area contributed by atoms with E-state index in [1.54, 1.807) is 0 Å². The zero-order chi connectivity index (χ0) is 8.27. The van der Waals surface area contributed by atoms with Gasteiger partial charge in [-0.2, -0.15) is 0 Å². The molecule has 0 aromatic carbocycles. The van der Waals surface area contributed by atoms with Gasteiger partial charge in [-0.25, -0.2) is 0 Å². The minimum Gasteiger partial charge on any atom is -0.314 e. The van der Waals surface area contributed by atoms with E-state index in [-0.39, 0.29) is 0 Å². The fourth-order valence-electron chi connectivity index (χ4n) is 1.97. The van der Waals surface area contributed by atoms with Crippen LogP contribution < -0.4 is 5.32 Å². The number of piperidine rings is 1. The Morgan fingerprint density at radius 2 is 2.18 bits per heavy atom. The van der Waals surface area contributed by atoms with Crippen molar-refractivity contribution in [1.82, 2.24) is 5.32 Å². The first-order valence-electron chi connectivity index (χ1n) is 4.92. The van der Waals surface area contributed by atoms with E-state index in [4.69, 9.17) is 0 Å². The second kappa shape index (κ2) is 4.10. The highest BCUT2D eigenvalue weighted by atomic mass is 14.9. The van der Waals surface area contributed by atoms with Crippen LogP contribution in [0.1, 0.15) is 40.0 Å². The third-order valence-corrected chi connectivity index (χ3v) is 2.51. The summed E-state index contributed by atoms with van der Waals surface area (Å²) in [6, 6.07) is 0.804. The van der Waals surface area contributed by atoms with Crippen LogP contribution in [-0.2, 0) is 0 Å². The zero-order valence-electron chi connectivity index (χ0n) is 8.06. The molecular formula is C10H21N. The summed E-state index contributed by atoms with van der Waals surface area (Å²) in [6.45, 7) is 8.22. The third-order valence-electron chi connectivity index (χ3n) is 2.51. The van der Waals surface area contributed by atoms with Gasteiger partial charge < -0.3 is 5.32 Å². The summed E-state index contributed by atoms with van der Waals surface area (Å²) < 4.78 is 0. The van der Waals surface area contributed by atoms with Crippen LogP contribution in [-0.4, -0.2) is 12.6 Å². The summed E-state index contributed by atoms with van der Waals surface area (Å²) in [6.07, 6.45) is 4.11. The summed E-state index contributed by atoms with van der Waals surface area (Å²) in [5.41, 5.74) is 0. The van der Waals surface area contributed by atoms with Crippen LogP contribution in [0, 0.1) is 11.8 Å². The Hall–Kier alpha value is -0.0400. The van der Waals surface area contributed by atoms with Crippen molar-refractivity contribution in [1.29, 1.82) is 0 Å². The normalized spacial score (nSPS) is 32.7. The molecule has 1 N–H and O–H groups in total. The molecule has 0 aliphatic carbocycles. The quantitative estimate of drug-likeness (QED) is 0.645. The maximum atomic E-state index is 3.58. The molecule has 1 nitrogen and oxygen atoms in total. The average Bonchev–Trinajstić information content (AvgIpc) is 1.85. The van der Waals surface area contributed by atoms with Crippen molar-refractivity contribution >= 4 is 0 Å². The highest BCUT2D eigenvalue weighted by molar-refractivity contribution is 4.76. The second-order valence-corrected chi connectivity index (χ2v) is 4.41. The molecule has 1 fully saturated rings. The van der Waals surface area contributed by atoms with E-state index < -0.39 is 0 Å². The first kappa shape index (κ1) is 9.05. The van der Waals surface area contributed by atoms with E-state index in [1.165, 1.54) is 25.8 Å². The molecule has 1 aliphatic rings. The van der Waals surface area contributed by atoms with Crippen LogP contribution in [0.15, 0.2) is 0 Å². The van der Waals surface area contributed by atoms with E-state index in [0.29, 0.717) is 0 Å². The number of hydrogen-bond donors (Lipinski definition) is 1. The molecule has 0 bridgehead atoms. The van der Waals surface area contributed by atoms with Crippen molar-refractivity contribution in [3.05, 3.63) is 0 Å². The van der Waals surface area contributed by atoms with Gasteiger partial charge in [-0.05, 0) is 37.6 Å². The Kier molecular flexibility index (Phi) is 3.38. The summed E-state index contributed by atoms with van der Waals surface area (Å²) in [5.74, 6) is 1.79. The average molecular weight is 155 g/mol. The molecular weight excluding hydrogens is 134 g/mol. The lowest BCUT2D eigenvalue weighted by atomic mass is 9.90. The Bertz CT molecular complexity index is 107. The summed E-state index contributed by atoms with van der Waals surface area (Å²) in [5, 5.41) is 3.58. The van der Waals surface area contributed by atoms with Gasteiger partial charge in [0.25, 0.3) is 0 Å². The minimum absolute atomic E-state index is 0.804. The van der Waals surface area contributed by atoms with Crippen LogP contribution in [0.3, 0.4) is 0 Å². The van der Waals surface area contributed by atoms with Crippen molar-refractivity contribution in [3.8, 4) is 0 Å². The van der Waals surface area contributed by atoms with Gasteiger partial charge in [-0.3, -0.25) is 0 Å². The van der Waals surface area contributed by atoms with Gasteiger partial charge >= 0.3 is 0 Å². The van der Waals surface area contributed by atoms with Crippen molar-refractivity contribution < 1.29 is 0 Å². The van der Waals surface area contributed by atoms with Gasteiger partial charge in [0.05, 0.1) is 0 Å². The van der Waals surface area contributed by atoms with Gasteiger partial charge in [-0.1, -0.05) is 20.8 Å². The van der Waals surface area contributed by atoms with Crippen molar-refractivity contribution in [3.63, 3.8) is 0 Å². The maximum Gasteiger partial charge on any atom is 0.00720 e. The van der Waals surface area contributed by atoms with Gasteiger partial charge in [-0.15, -0.1) is 0 Å². The lowest BCUT2D eigenvalue weighted by Crippen LogP contribution is -2.38. The Morgan fingerprint density at radius 3 is 2.73 bits per heavy atom. The van der Waals surface area contributed by atoms with E-state index in [1.807, 2.05) is 0 Å². The molecule has 0 saturated carbocycles. The molecule has 0 radical (unpaired) electrons. The highest BCUT2D eigenvalue weighted by Gasteiger charge is 2.18. The molecule has 2 atom stereocenters. The molecule has 2 unspecified atom stereocenters. The van der Waals surface area contributed by atoms with Crippen molar-refractivity contribution in [2.75, 3.05) is 6.54 Å². The third kappa shape index (κ3) is 3.24. The van der Waals surface area contributed by atoms with E-state index in [0.717, 1.165) is 17.9 Å². The molecule has 0 aromatic heterocycles. The van der Waals surface area contributed by atoms with Crippen LogP contribution in [0.5, 0.6) is 0 Å². The molecule has 0 aromatic rings. The molecule has 0 amide bonds. The van der Waals surface area contributed by atoms with Gasteiger partial charge in [0.1, 0.15) is 0 Å². The first-order valence-corrected chi connectivity index (χ1v) is 4.92. The predicted molar refractivity (Wildman–Crippen MR) is 49.6 cm³/mol. The molecule has 1 saturated heterocycles. The molecule has 11 heavy (non-hydrogen) atoms. The highest BCUT2D eigenvalue weighted by Crippen LogP contribution is 2.19. The minimum atomic E-state index is 0.804. The number of rotatable bonds is 2. The fourth-order valence-corrected chi connectivity index (χ4v) is 1.97. The SMILES string of the molecule is CC(C)CC1CC(C)CCN1. The van der Waals surface area contributed by atoms with E-state index >= 15 is 0 Å².